The Labute approximate surface area is 146 Å². The maximum atomic E-state index is 12.7. The second-order valence-electron chi connectivity index (χ2n) is 6.70. The first-order valence-corrected chi connectivity index (χ1v) is 9.65. The van der Waals surface area contributed by atoms with Gasteiger partial charge in [-0.3, -0.25) is 9.59 Å². The largest absolute Gasteiger partial charge is 0.481 e. The lowest BCUT2D eigenvalue weighted by molar-refractivity contribution is -0.159. The van der Waals surface area contributed by atoms with Crippen molar-refractivity contribution in [2.75, 3.05) is 25.9 Å². The summed E-state index contributed by atoms with van der Waals surface area (Å²) in [5.41, 5.74) is 0.153. The highest BCUT2D eigenvalue weighted by atomic mass is 32.2. The summed E-state index contributed by atoms with van der Waals surface area (Å²) in [6.45, 7) is 1.82. The van der Waals surface area contributed by atoms with Crippen molar-refractivity contribution in [2.24, 2.45) is 5.41 Å². The molecule has 2 atom stereocenters. The first kappa shape index (κ1) is 17.3. The fourth-order valence-corrected chi connectivity index (χ4v) is 4.30. The third-order valence-corrected chi connectivity index (χ3v) is 6.05. The SMILES string of the molecule is CSc1ccc(CC(=O)N2CCC3NCCCC3(C(=O)O)C2)cc1. The van der Waals surface area contributed by atoms with Crippen LogP contribution in [0.25, 0.3) is 0 Å². The van der Waals surface area contributed by atoms with Crippen molar-refractivity contribution in [1.82, 2.24) is 10.2 Å². The van der Waals surface area contributed by atoms with Crippen LogP contribution in [0.4, 0.5) is 0 Å². The van der Waals surface area contributed by atoms with Crippen molar-refractivity contribution in [1.29, 1.82) is 0 Å². The van der Waals surface area contributed by atoms with Crippen molar-refractivity contribution >= 4 is 23.6 Å². The molecule has 2 unspecified atom stereocenters. The molecular weight excluding hydrogens is 324 g/mol. The number of carboxylic acid groups (broad SMARTS) is 1. The summed E-state index contributed by atoms with van der Waals surface area (Å²) < 4.78 is 0. The van der Waals surface area contributed by atoms with Gasteiger partial charge in [0.05, 0.1) is 6.42 Å². The molecule has 0 aliphatic carbocycles. The molecule has 5 nitrogen and oxygen atoms in total. The number of carbonyl (C=O) groups excluding carboxylic acids is 1. The summed E-state index contributed by atoms with van der Waals surface area (Å²) in [6, 6.07) is 7.97. The van der Waals surface area contributed by atoms with Gasteiger partial charge >= 0.3 is 5.97 Å². The number of hydrogen-bond acceptors (Lipinski definition) is 4. The standard InChI is InChI=1S/C18H24N2O3S/c1-24-14-5-3-13(4-6-14)11-16(21)20-10-7-15-18(12-20,17(22)23)8-2-9-19-15/h3-6,15,19H,2,7-12H2,1H3,(H,22,23). The van der Waals surface area contributed by atoms with Gasteiger partial charge in [0, 0.05) is 24.0 Å². The van der Waals surface area contributed by atoms with Crippen LogP contribution in [-0.2, 0) is 16.0 Å². The van der Waals surface area contributed by atoms with E-state index in [9.17, 15) is 14.7 Å². The fraction of sp³-hybridized carbons (Fsp3) is 0.556. The number of aliphatic carboxylic acids is 1. The first-order chi connectivity index (χ1) is 11.5. The molecule has 2 fully saturated rings. The molecular formula is C18H24N2O3S. The maximum absolute atomic E-state index is 12.7. The molecule has 0 radical (unpaired) electrons. The second kappa shape index (κ2) is 7.15. The van der Waals surface area contributed by atoms with Crippen LogP contribution in [0.3, 0.4) is 0 Å². The van der Waals surface area contributed by atoms with E-state index in [0.717, 1.165) is 18.5 Å². The minimum Gasteiger partial charge on any atom is -0.481 e. The maximum Gasteiger partial charge on any atom is 0.313 e. The van der Waals surface area contributed by atoms with Gasteiger partial charge in [0.2, 0.25) is 5.91 Å². The van der Waals surface area contributed by atoms with Gasteiger partial charge in [-0.15, -0.1) is 11.8 Å². The number of fused-ring (bicyclic) bond motifs is 1. The van der Waals surface area contributed by atoms with E-state index in [0.29, 0.717) is 32.4 Å². The van der Waals surface area contributed by atoms with Crippen molar-refractivity contribution in [3.05, 3.63) is 29.8 Å². The van der Waals surface area contributed by atoms with E-state index < -0.39 is 11.4 Å². The van der Waals surface area contributed by atoms with Gasteiger partial charge in [-0.2, -0.15) is 0 Å². The molecule has 130 valence electrons. The lowest BCUT2D eigenvalue weighted by atomic mass is 9.70. The van der Waals surface area contributed by atoms with Crippen molar-refractivity contribution in [3.63, 3.8) is 0 Å². The Balaban J connectivity index is 1.70. The van der Waals surface area contributed by atoms with Gasteiger partial charge in [-0.1, -0.05) is 12.1 Å². The average molecular weight is 348 g/mol. The number of carboxylic acids is 1. The molecule has 2 aliphatic heterocycles. The van der Waals surface area contributed by atoms with Gasteiger partial charge in [0.1, 0.15) is 5.41 Å². The lowest BCUT2D eigenvalue weighted by Gasteiger charge is -2.48. The Hall–Kier alpha value is -1.53. The third-order valence-electron chi connectivity index (χ3n) is 5.31. The minimum absolute atomic E-state index is 0.0198. The number of amides is 1. The molecule has 2 aliphatic rings. The Bertz CT molecular complexity index is 619. The van der Waals surface area contributed by atoms with Crippen molar-refractivity contribution < 1.29 is 14.7 Å². The molecule has 2 N–H and O–H groups in total. The summed E-state index contributed by atoms with van der Waals surface area (Å²) >= 11 is 1.67. The highest BCUT2D eigenvalue weighted by Gasteiger charge is 2.51. The highest BCUT2D eigenvalue weighted by Crippen LogP contribution is 2.38. The second-order valence-corrected chi connectivity index (χ2v) is 7.58. The van der Waals surface area contributed by atoms with Crippen LogP contribution >= 0.6 is 11.8 Å². The van der Waals surface area contributed by atoms with Crippen molar-refractivity contribution in [2.45, 2.75) is 36.6 Å². The summed E-state index contributed by atoms with van der Waals surface area (Å²) in [5, 5.41) is 13.1. The third kappa shape index (κ3) is 3.30. The molecule has 6 heteroatoms. The number of likely N-dealkylation sites (tertiary alicyclic amines) is 1. The fourth-order valence-electron chi connectivity index (χ4n) is 3.89. The molecule has 1 aromatic rings. The van der Waals surface area contributed by atoms with Gasteiger partial charge in [-0.25, -0.2) is 0 Å². The minimum atomic E-state index is -0.825. The van der Waals surface area contributed by atoms with E-state index in [2.05, 4.69) is 5.32 Å². The summed E-state index contributed by atoms with van der Waals surface area (Å²) in [7, 11) is 0. The van der Waals surface area contributed by atoms with Gasteiger partial charge in [0.25, 0.3) is 0 Å². The Morgan fingerprint density at radius 2 is 2.12 bits per heavy atom. The predicted molar refractivity (Wildman–Crippen MR) is 94.2 cm³/mol. The highest BCUT2D eigenvalue weighted by molar-refractivity contribution is 7.98. The van der Waals surface area contributed by atoms with Crippen LogP contribution in [0, 0.1) is 5.41 Å². The molecule has 0 aromatic heterocycles. The van der Waals surface area contributed by atoms with E-state index in [1.165, 1.54) is 4.90 Å². The quantitative estimate of drug-likeness (QED) is 0.815. The molecule has 24 heavy (non-hydrogen) atoms. The van der Waals surface area contributed by atoms with Crippen LogP contribution in [-0.4, -0.2) is 53.8 Å². The molecule has 1 amide bonds. The van der Waals surface area contributed by atoms with E-state index in [1.54, 1.807) is 16.7 Å². The zero-order chi connectivity index (χ0) is 17.2. The number of carbonyl (C=O) groups is 2. The number of hydrogen-bond donors (Lipinski definition) is 2. The number of thioether (sulfide) groups is 1. The Morgan fingerprint density at radius 1 is 1.38 bits per heavy atom. The molecule has 3 rings (SSSR count). The van der Waals surface area contributed by atoms with E-state index in [4.69, 9.17) is 0 Å². The monoisotopic (exact) mass is 348 g/mol. The van der Waals surface area contributed by atoms with E-state index in [1.807, 2.05) is 30.5 Å². The summed E-state index contributed by atoms with van der Waals surface area (Å²) in [5.74, 6) is -0.752. The van der Waals surface area contributed by atoms with Crippen LogP contribution in [0.15, 0.2) is 29.2 Å². The molecule has 0 bridgehead atoms. The number of benzene rings is 1. The van der Waals surface area contributed by atoms with Gasteiger partial charge < -0.3 is 15.3 Å². The Morgan fingerprint density at radius 3 is 2.79 bits per heavy atom. The van der Waals surface area contributed by atoms with Gasteiger partial charge in [-0.05, 0) is 49.8 Å². The van der Waals surface area contributed by atoms with Gasteiger partial charge in [0.15, 0.2) is 0 Å². The van der Waals surface area contributed by atoms with Crippen LogP contribution in [0.5, 0.6) is 0 Å². The molecule has 1 aromatic carbocycles. The molecule has 2 saturated heterocycles. The number of nitrogens with one attached hydrogen (secondary N) is 1. The van der Waals surface area contributed by atoms with Crippen LogP contribution in [0.1, 0.15) is 24.8 Å². The predicted octanol–water partition coefficient (Wildman–Crippen LogP) is 2.01. The lowest BCUT2D eigenvalue weighted by Crippen LogP contribution is -2.63. The zero-order valence-corrected chi connectivity index (χ0v) is 14.8. The van der Waals surface area contributed by atoms with E-state index >= 15 is 0 Å². The smallest absolute Gasteiger partial charge is 0.313 e. The normalized spacial score (nSPS) is 26.7. The Kier molecular flexibility index (Phi) is 5.15. The summed E-state index contributed by atoms with van der Waals surface area (Å²) in [6.07, 6.45) is 4.56. The first-order valence-electron chi connectivity index (χ1n) is 8.43. The van der Waals surface area contributed by atoms with Crippen LogP contribution in [0.2, 0.25) is 0 Å². The number of piperidine rings is 2. The number of nitrogens with zero attached hydrogens (tertiary/aromatic N) is 1. The summed E-state index contributed by atoms with van der Waals surface area (Å²) in [4.78, 5) is 27.5. The van der Waals surface area contributed by atoms with Crippen molar-refractivity contribution in [3.8, 4) is 0 Å². The molecule has 0 spiro atoms. The zero-order valence-electron chi connectivity index (χ0n) is 14.0. The van der Waals surface area contributed by atoms with E-state index in [-0.39, 0.29) is 11.9 Å². The number of rotatable bonds is 4. The average Bonchev–Trinajstić information content (AvgIpc) is 2.61. The van der Waals surface area contributed by atoms with Crippen LogP contribution < -0.4 is 5.32 Å². The molecule has 2 heterocycles. The topological polar surface area (TPSA) is 69.6 Å². The molecule has 0 saturated carbocycles.